The van der Waals surface area contributed by atoms with E-state index < -0.39 is 47.6 Å². The van der Waals surface area contributed by atoms with Crippen molar-refractivity contribution in [3.05, 3.63) is 212 Å². The molecule has 9 heteroatoms. The van der Waals surface area contributed by atoms with E-state index >= 15 is 0 Å². The molecule has 0 unspecified atom stereocenters. The van der Waals surface area contributed by atoms with Crippen LogP contribution in [-0.2, 0) is 0 Å². The Balaban J connectivity index is 1.26. The SMILES string of the molecule is CC(C)c1cccc(C(C)C)c1[N]1[Ge][N](c2c(C(C)C)cccc2C(C)C)c2cc3c(cc21)c1cc2c(cc1c1cc4c(cc31)[N](c1c(C(C)C)cccc1C(C)C)[Ge][N]4c1c(C(C)C)cccc1C(C)C)[N](c1c(C(C)C)cccc1C(C)C)[Ge][N]2c1c(C(C)C)cccc1C(C)C. The fourth-order valence-corrected chi connectivity index (χ4v) is 25.8. The van der Waals surface area contributed by atoms with Gasteiger partial charge in [0.25, 0.3) is 0 Å². The number of hydrogen-bond donors (Lipinski definition) is 0. The predicted molar refractivity (Wildman–Crippen MR) is 437 cm³/mol. The van der Waals surface area contributed by atoms with E-state index in [9.17, 15) is 0 Å². The normalized spacial score (nSPS) is 14.3. The first-order chi connectivity index (χ1) is 47.1. The average molecular weight is 1490 g/mol. The number of benzene rings is 10. The number of para-hydroxylation sites is 6. The molecule has 0 saturated carbocycles. The molecule has 3 aliphatic heterocycles. The van der Waals surface area contributed by atoms with Crippen LogP contribution in [0.25, 0.3) is 32.3 Å². The molecule has 10 aromatic rings. The summed E-state index contributed by atoms with van der Waals surface area (Å²) >= 11 is -3.28. The van der Waals surface area contributed by atoms with Crippen molar-refractivity contribution in [3.8, 4) is 0 Å². The zero-order valence-electron chi connectivity index (χ0n) is 64.0. The van der Waals surface area contributed by atoms with Crippen LogP contribution in [0.5, 0.6) is 0 Å². The van der Waals surface area contributed by atoms with Crippen molar-refractivity contribution in [1.29, 1.82) is 0 Å². The van der Waals surface area contributed by atoms with Crippen molar-refractivity contribution >= 4 is 148 Å². The van der Waals surface area contributed by atoms with Gasteiger partial charge in [0.2, 0.25) is 0 Å². The number of rotatable bonds is 18. The Bertz CT molecular complexity index is 3800. The molecule has 0 spiro atoms. The molecular weight excluding hydrogens is 1380 g/mol. The Morgan fingerprint density at radius 3 is 0.364 bits per heavy atom. The first kappa shape index (κ1) is 70.8. The standard InChI is InChI=1S/C90H108Ge3N6/c1-49(2)61-31-25-32-62(50(3)4)85(61)94-79-43-73-74(44-80(79)95(91-94)86-63(51(5)6)33-26-34-64(86)52(7)8)76-46-82-84(99(90-71(59(21)22)41-30-42-72(90)60(23)24)93-97(82)88-67(55(13)14)37-28-38-68(88)56(15)16)48-78(76)77-47-83-81(45-75(73)77)96(87-65(53(9)10)35-27-36-66(87)54(11)12)92-98(83)89-69(57(17)18)39-29-40-70(89)58(19)20/h25-60H,1-24H3. The van der Waals surface area contributed by atoms with E-state index in [4.69, 9.17) is 0 Å². The van der Waals surface area contributed by atoms with Gasteiger partial charge in [0.15, 0.2) is 0 Å². The van der Waals surface area contributed by atoms with Crippen LogP contribution in [0.1, 0.15) is 304 Å². The van der Waals surface area contributed by atoms with E-state index in [1.165, 1.54) is 167 Å². The topological polar surface area (TPSA) is 19.4 Å². The van der Waals surface area contributed by atoms with E-state index in [1.807, 2.05) is 0 Å². The summed E-state index contributed by atoms with van der Waals surface area (Å²) in [7, 11) is 0. The molecule has 0 fully saturated rings. The molecule has 6 nitrogen and oxygen atoms in total. The van der Waals surface area contributed by atoms with Gasteiger partial charge < -0.3 is 0 Å². The van der Waals surface area contributed by atoms with Crippen LogP contribution >= 0.6 is 0 Å². The molecule has 0 aromatic heterocycles. The number of nitrogens with zero attached hydrogens (tertiary/aromatic N) is 6. The van der Waals surface area contributed by atoms with E-state index in [0.717, 1.165) is 0 Å². The molecule has 0 amide bonds. The maximum atomic E-state index is 2.89. The van der Waals surface area contributed by atoms with Gasteiger partial charge in [-0.2, -0.15) is 0 Å². The summed E-state index contributed by atoms with van der Waals surface area (Å²) < 4.78 is 17.3. The number of fused-ring (bicyclic) bond motifs is 9. The van der Waals surface area contributed by atoms with Gasteiger partial charge in [-0.25, -0.2) is 0 Å². The molecule has 0 atom stereocenters. The van der Waals surface area contributed by atoms with E-state index in [-0.39, 0.29) is 0 Å². The predicted octanol–water partition coefficient (Wildman–Crippen LogP) is 27.1. The zero-order chi connectivity index (χ0) is 70.8. The van der Waals surface area contributed by atoms with Gasteiger partial charge in [0.05, 0.1) is 0 Å². The van der Waals surface area contributed by atoms with E-state index in [2.05, 4.69) is 335 Å². The molecule has 3 aliphatic rings. The minimum atomic E-state index is -1.09. The van der Waals surface area contributed by atoms with Crippen LogP contribution in [0, 0.1) is 0 Å². The summed E-state index contributed by atoms with van der Waals surface area (Å²) in [6.45, 7) is 57.8. The summed E-state index contributed by atoms with van der Waals surface area (Å²) in [5, 5.41) is 7.96. The van der Waals surface area contributed by atoms with E-state index in [1.54, 1.807) is 0 Å². The molecule has 6 radical (unpaired) electrons. The van der Waals surface area contributed by atoms with Crippen LogP contribution in [0.2, 0.25) is 0 Å². The second kappa shape index (κ2) is 27.6. The van der Waals surface area contributed by atoms with Crippen molar-refractivity contribution < 1.29 is 0 Å². The first-order valence-corrected chi connectivity index (χ1v) is 43.2. The van der Waals surface area contributed by atoms with Crippen LogP contribution in [-0.4, -0.2) is 47.6 Å². The second-order valence-electron chi connectivity index (χ2n) is 32.5. The molecular formula is C90H108Ge3N6. The molecule has 510 valence electrons. The monoisotopic (exact) mass is 1490 g/mol. The van der Waals surface area contributed by atoms with Gasteiger partial charge in [-0.05, 0) is 0 Å². The fourth-order valence-electron chi connectivity index (χ4n) is 16.4. The Labute approximate surface area is 616 Å². The van der Waals surface area contributed by atoms with Crippen molar-refractivity contribution in [2.24, 2.45) is 0 Å². The molecule has 0 N–H and O–H groups in total. The van der Waals surface area contributed by atoms with Crippen molar-refractivity contribution in [3.63, 3.8) is 0 Å². The van der Waals surface area contributed by atoms with Gasteiger partial charge in [0, 0.05) is 0 Å². The Morgan fingerprint density at radius 1 is 0.172 bits per heavy atom. The number of hydrogen-bond acceptors (Lipinski definition) is 6. The van der Waals surface area contributed by atoms with Crippen LogP contribution < -0.4 is 23.1 Å². The molecule has 0 aliphatic carbocycles. The summed E-state index contributed by atoms with van der Waals surface area (Å²) in [6, 6.07) is 59.6. The first-order valence-electron chi connectivity index (χ1n) is 37.5. The van der Waals surface area contributed by atoms with Crippen LogP contribution in [0.15, 0.2) is 146 Å². The Hall–Kier alpha value is -6.59. The summed E-state index contributed by atoms with van der Waals surface area (Å²) in [4.78, 5) is 0. The van der Waals surface area contributed by atoms with Gasteiger partial charge in [-0.1, -0.05) is 0 Å². The van der Waals surface area contributed by atoms with Crippen LogP contribution in [0.3, 0.4) is 0 Å². The minimum absolute atomic E-state index is 0.331. The molecule has 10 aromatic carbocycles. The van der Waals surface area contributed by atoms with Gasteiger partial charge >= 0.3 is 621 Å². The summed E-state index contributed by atoms with van der Waals surface area (Å²) in [6.07, 6.45) is 0. The molecule has 13 rings (SSSR count). The van der Waals surface area contributed by atoms with Crippen molar-refractivity contribution in [2.75, 3.05) is 23.1 Å². The van der Waals surface area contributed by atoms with Crippen LogP contribution in [0.4, 0.5) is 68.2 Å². The fraction of sp³-hybridized carbons (Fsp3) is 0.400. The maximum absolute atomic E-state index is 2.89. The van der Waals surface area contributed by atoms with Gasteiger partial charge in [-0.15, -0.1) is 0 Å². The Kier molecular flexibility index (Phi) is 19.8. The third-order valence-corrected chi connectivity index (χ3v) is 30.0. The zero-order valence-corrected chi connectivity index (χ0v) is 70.3. The third-order valence-electron chi connectivity index (χ3n) is 21.7. The van der Waals surface area contributed by atoms with Gasteiger partial charge in [-0.3, -0.25) is 0 Å². The van der Waals surface area contributed by atoms with Crippen molar-refractivity contribution in [1.82, 2.24) is 0 Å². The van der Waals surface area contributed by atoms with E-state index in [0.29, 0.717) is 71.0 Å². The quantitative estimate of drug-likeness (QED) is 0.0625. The summed E-state index contributed by atoms with van der Waals surface area (Å²) in [5.41, 5.74) is 33.6. The third kappa shape index (κ3) is 12.1. The second-order valence-corrected chi connectivity index (χ2v) is 39.4. The summed E-state index contributed by atoms with van der Waals surface area (Å²) in [5.74, 6) is 3.98. The molecule has 0 bridgehead atoms. The molecule has 0 saturated heterocycles. The number of anilines is 12. The average Bonchev–Trinajstić information content (AvgIpc) is 1.63. The molecule has 99 heavy (non-hydrogen) atoms. The van der Waals surface area contributed by atoms with Crippen molar-refractivity contribution in [2.45, 2.75) is 237 Å². The van der Waals surface area contributed by atoms with Gasteiger partial charge in [0.1, 0.15) is 0 Å². The Morgan fingerprint density at radius 2 is 0.273 bits per heavy atom. The molecule has 3 heterocycles.